The van der Waals surface area contributed by atoms with Gasteiger partial charge in [-0.25, -0.2) is 18.8 Å². The number of nitrogens with zero attached hydrogens (tertiary/aromatic N) is 3. The summed E-state index contributed by atoms with van der Waals surface area (Å²) in [5, 5.41) is 0. The highest BCUT2D eigenvalue weighted by molar-refractivity contribution is 5.95. The maximum absolute atomic E-state index is 15.0. The predicted octanol–water partition coefficient (Wildman–Crippen LogP) is 4.14. The summed E-state index contributed by atoms with van der Waals surface area (Å²) in [7, 11) is 1.30. The Labute approximate surface area is 197 Å². The van der Waals surface area contributed by atoms with Gasteiger partial charge in [-0.1, -0.05) is 12.1 Å². The quantitative estimate of drug-likeness (QED) is 0.632. The topological polar surface area (TPSA) is 79.4 Å². The summed E-state index contributed by atoms with van der Waals surface area (Å²) in [6.45, 7) is 6.94. The van der Waals surface area contributed by atoms with Crippen molar-refractivity contribution in [2.24, 2.45) is 0 Å². The fourth-order valence-corrected chi connectivity index (χ4v) is 4.23. The molecule has 180 valence electrons. The van der Waals surface area contributed by atoms with Gasteiger partial charge in [0, 0.05) is 37.4 Å². The van der Waals surface area contributed by atoms with Gasteiger partial charge in [-0.3, -0.25) is 4.90 Å². The van der Waals surface area contributed by atoms with E-state index in [2.05, 4.69) is 4.74 Å². The maximum atomic E-state index is 15.0. The van der Waals surface area contributed by atoms with Crippen LogP contribution in [-0.2, 0) is 9.47 Å². The molecule has 2 aromatic carbocycles. The molecule has 0 saturated carbocycles. The van der Waals surface area contributed by atoms with Crippen molar-refractivity contribution in [2.75, 3.05) is 38.2 Å². The van der Waals surface area contributed by atoms with Crippen molar-refractivity contribution >= 4 is 23.8 Å². The van der Waals surface area contributed by atoms with Crippen LogP contribution < -0.4 is 4.90 Å². The van der Waals surface area contributed by atoms with E-state index in [0.29, 0.717) is 48.6 Å². The summed E-state index contributed by atoms with van der Waals surface area (Å²) in [5.74, 6) is -0.937. The molecule has 2 fully saturated rings. The van der Waals surface area contributed by atoms with Gasteiger partial charge in [0.15, 0.2) is 0 Å². The van der Waals surface area contributed by atoms with Crippen molar-refractivity contribution in [3.05, 3.63) is 53.8 Å². The van der Waals surface area contributed by atoms with Crippen LogP contribution in [0.15, 0.2) is 42.5 Å². The fraction of sp³-hybridized carbons (Fsp3) is 0.400. The average Bonchev–Trinajstić information content (AvgIpc) is 3.13. The van der Waals surface area contributed by atoms with Gasteiger partial charge in [0.05, 0.1) is 18.7 Å². The molecule has 4 rings (SSSR count). The van der Waals surface area contributed by atoms with E-state index in [9.17, 15) is 14.4 Å². The first-order chi connectivity index (χ1) is 16.1. The first-order valence-electron chi connectivity index (χ1n) is 11.1. The summed E-state index contributed by atoms with van der Waals surface area (Å²) < 4.78 is 25.2. The Hall–Kier alpha value is -3.62. The van der Waals surface area contributed by atoms with Crippen LogP contribution in [0.4, 0.5) is 19.7 Å². The summed E-state index contributed by atoms with van der Waals surface area (Å²) in [5.41, 5.74) is 1.21. The van der Waals surface area contributed by atoms with Crippen molar-refractivity contribution in [3.8, 4) is 11.1 Å². The highest BCUT2D eigenvalue weighted by Gasteiger charge is 2.43. The molecule has 2 heterocycles. The number of anilines is 1. The highest BCUT2D eigenvalue weighted by Crippen LogP contribution is 2.31. The van der Waals surface area contributed by atoms with Crippen LogP contribution in [0.1, 0.15) is 31.1 Å². The second-order valence-electron chi connectivity index (χ2n) is 9.40. The molecular formula is C25H28FN3O5. The van der Waals surface area contributed by atoms with Crippen LogP contribution in [0.2, 0.25) is 0 Å². The third-order valence-electron chi connectivity index (χ3n) is 5.89. The summed E-state index contributed by atoms with van der Waals surface area (Å²) in [4.78, 5) is 41.9. The molecule has 0 bridgehead atoms. The zero-order chi connectivity index (χ0) is 24.6. The molecule has 1 unspecified atom stereocenters. The summed E-state index contributed by atoms with van der Waals surface area (Å²) in [6.07, 6.45) is -0.397. The number of benzene rings is 2. The number of rotatable bonds is 3. The smallest absolute Gasteiger partial charge is 0.410 e. The van der Waals surface area contributed by atoms with Crippen molar-refractivity contribution in [3.63, 3.8) is 0 Å². The lowest BCUT2D eigenvalue weighted by atomic mass is 10.0. The number of amides is 3. The lowest BCUT2D eigenvalue weighted by Crippen LogP contribution is -2.54. The van der Waals surface area contributed by atoms with E-state index in [1.807, 2.05) is 20.8 Å². The van der Waals surface area contributed by atoms with E-state index >= 15 is 4.39 Å². The molecule has 2 aliphatic rings. The van der Waals surface area contributed by atoms with Gasteiger partial charge in [0.2, 0.25) is 0 Å². The zero-order valence-electron chi connectivity index (χ0n) is 19.7. The van der Waals surface area contributed by atoms with Gasteiger partial charge in [-0.05, 0) is 56.7 Å². The number of urea groups is 1. The molecule has 34 heavy (non-hydrogen) atoms. The number of hydrogen-bond acceptors (Lipinski definition) is 5. The normalized spacial score (nSPS) is 18.1. The van der Waals surface area contributed by atoms with Crippen molar-refractivity contribution < 1.29 is 28.2 Å². The van der Waals surface area contributed by atoms with Crippen LogP contribution in [0.25, 0.3) is 11.1 Å². The van der Waals surface area contributed by atoms with Gasteiger partial charge < -0.3 is 19.3 Å². The van der Waals surface area contributed by atoms with Gasteiger partial charge in [0.25, 0.3) is 0 Å². The summed E-state index contributed by atoms with van der Waals surface area (Å²) >= 11 is 0. The third kappa shape index (κ3) is 4.69. The molecule has 8 nitrogen and oxygen atoms in total. The number of fused-ring (bicyclic) bond motifs is 1. The van der Waals surface area contributed by atoms with E-state index < -0.39 is 23.5 Å². The zero-order valence-corrected chi connectivity index (χ0v) is 19.7. The summed E-state index contributed by atoms with van der Waals surface area (Å²) in [6, 6.07) is 10.7. The number of carbonyl (C=O) groups is 3. The number of halogens is 1. The van der Waals surface area contributed by atoms with Crippen LogP contribution in [0.3, 0.4) is 0 Å². The van der Waals surface area contributed by atoms with E-state index in [0.717, 1.165) is 0 Å². The molecule has 2 aliphatic heterocycles. The van der Waals surface area contributed by atoms with Crippen LogP contribution in [0.5, 0.6) is 0 Å². The Bertz CT molecular complexity index is 1110. The number of esters is 1. The number of ether oxygens (including phenoxy) is 2. The molecule has 0 aliphatic carbocycles. The Balaban J connectivity index is 1.48. The van der Waals surface area contributed by atoms with E-state index in [1.54, 1.807) is 46.2 Å². The van der Waals surface area contributed by atoms with Crippen molar-refractivity contribution in [2.45, 2.75) is 32.4 Å². The maximum Gasteiger partial charge on any atom is 0.410 e. The van der Waals surface area contributed by atoms with Crippen LogP contribution in [-0.4, -0.2) is 72.8 Å². The van der Waals surface area contributed by atoms with Crippen LogP contribution >= 0.6 is 0 Å². The Morgan fingerprint density at radius 1 is 1.03 bits per heavy atom. The second-order valence-corrected chi connectivity index (χ2v) is 9.40. The molecule has 2 saturated heterocycles. The number of methoxy groups -OCH3 is 1. The molecule has 0 radical (unpaired) electrons. The standard InChI is InChI=1S/C25H28FN3O5/c1-25(2,3)34-24(32)27-11-12-28-19(14-27)15-29(23(28)31)18-9-10-20(21(26)13-18)16-5-7-17(8-6-16)22(30)33-4/h5-10,13,19H,11-12,14-15H2,1-4H3. The molecule has 0 spiro atoms. The van der Waals surface area contributed by atoms with E-state index in [4.69, 9.17) is 4.74 Å². The Morgan fingerprint density at radius 2 is 1.74 bits per heavy atom. The minimum absolute atomic E-state index is 0.192. The molecule has 9 heteroatoms. The molecule has 3 amide bonds. The van der Waals surface area contributed by atoms with Gasteiger partial charge >= 0.3 is 18.1 Å². The molecule has 0 aromatic heterocycles. The lowest BCUT2D eigenvalue weighted by molar-refractivity contribution is 0.0128. The largest absolute Gasteiger partial charge is 0.465 e. The van der Waals surface area contributed by atoms with Gasteiger partial charge in [0.1, 0.15) is 11.4 Å². The Kier molecular flexibility index (Phi) is 6.20. The van der Waals surface area contributed by atoms with E-state index in [1.165, 1.54) is 18.1 Å². The van der Waals surface area contributed by atoms with Gasteiger partial charge in [-0.2, -0.15) is 0 Å². The SMILES string of the molecule is COC(=O)c1ccc(-c2ccc(N3CC4CN(C(=O)OC(C)(C)C)CCN4C3=O)cc2F)cc1. The molecular weight excluding hydrogens is 441 g/mol. The number of hydrogen-bond donors (Lipinski definition) is 0. The minimum atomic E-state index is -0.593. The molecule has 2 aromatic rings. The predicted molar refractivity (Wildman–Crippen MR) is 124 cm³/mol. The molecule has 1 atom stereocenters. The van der Waals surface area contributed by atoms with E-state index in [-0.39, 0.29) is 12.1 Å². The monoisotopic (exact) mass is 469 g/mol. The first kappa shape index (κ1) is 23.5. The second kappa shape index (κ2) is 8.96. The third-order valence-corrected chi connectivity index (χ3v) is 5.89. The van der Waals surface area contributed by atoms with Crippen LogP contribution in [0, 0.1) is 5.82 Å². The van der Waals surface area contributed by atoms with Crippen molar-refractivity contribution in [1.29, 1.82) is 0 Å². The number of piperazine rings is 1. The lowest BCUT2D eigenvalue weighted by Gasteiger charge is -2.36. The average molecular weight is 470 g/mol. The van der Waals surface area contributed by atoms with Crippen molar-refractivity contribution in [1.82, 2.24) is 9.80 Å². The fourth-order valence-electron chi connectivity index (χ4n) is 4.23. The molecule has 0 N–H and O–H groups in total. The van der Waals surface area contributed by atoms with Gasteiger partial charge in [-0.15, -0.1) is 0 Å². The number of carbonyl (C=O) groups excluding carboxylic acids is 3. The highest BCUT2D eigenvalue weighted by atomic mass is 19.1. The Morgan fingerprint density at radius 3 is 2.35 bits per heavy atom. The minimum Gasteiger partial charge on any atom is -0.465 e. The first-order valence-corrected chi connectivity index (χ1v) is 11.1.